The predicted molar refractivity (Wildman–Crippen MR) is 85.1 cm³/mol. The molecule has 0 radical (unpaired) electrons. The van der Waals surface area contributed by atoms with Crippen LogP contribution in [0.2, 0.25) is 0 Å². The van der Waals surface area contributed by atoms with Crippen molar-refractivity contribution in [3.8, 4) is 16.9 Å². The summed E-state index contributed by atoms with van der Waals surface area (Å²) in [5.41, 5.74) is 7.12. The molecule has 0 saturated carbocycles. The molecule has 22 heavy (non-hydrogen) atoms. The van der Waals surface area contributed by atoms with Crippen LogP contribution in [0.3, 0.4) is 0 Å². The van der Waals surface area contributed by atoms with Crippen LogP contribution >= 0.6 is 0 Å². The van der Waals surface area contributed by atoms with Gasteiger partial charge >= 0.3 is 5.97 Å². The van der Waals surface area contributed by atoms with Crippen molar-refractivity contribution in [2.45, 2.75) is 0 Å². The number of pyridine rings is 1. The van der Waals surface area contributed by atoms with Crippen LogP contribution in [0, 0.1) is 0 Å². The zero-order valence-corrected chi connectivity index (χ0v) is 12.6. The number of carbonyl (C=O) groups is 1. The van der Waals surface area contributed by atoms with Crippen LogP contribution in [-0.2, 0) is 0 Å². The number of hydrogen-bond acceptors (Lipinski definition) is 5. The Morgan fingerprint density at radius 1 is 1.27 bits per heavy atom. The number of nitrogens with two attached hydrogens (primary N) is 1. The first kappa shape index (κ1) is 15.8. The number of carboxylic acids is 1. The first-order valence-corrected chi connectivity index (χ1v) is 6.84. The Hall–Kier alpha value is -2.60. The highest BCUT2D eigenvalue weighted by molar-refractivity contribution is 5.94. The maximum Gasteiger partial charge on any atom is 0.339 e. The Labute approximate surface area is 129 Å². The first-order chi connectivity index (χ1) is 10.5. The quantitative estimate of drug-likeness (QED) is 0.848. The molecule has 0 spiro atoms. The third-order valence-corrected chi connectivity index (χ3v) is 3.14. The van der Waals surface area contributed by atoms with E-state index in [9.17, 15) is 4.79 Å². The van der Waals surface area contributed by atoms with Gasteiger partial charge in [0.05, 0.1) is 0 Å². The Morgan fingerprint density at radius 2 is 1.95 bits per heavy atom. The molecule has 0 saturated heterocycles. The van der Waals surface area contributed by atoms with E-state index in [2.05, 4.69) is 4.98 Å². The SMILES string of the molecule is CN(C)CCOc1ccc(-c2cnc(N)c(C(=O)O)c2)cc1. The topological polar surface area (TPSA) is 88.7 Å². The summed E-state index contributed by atoms with van der Waals surface area (Å²) >= 11 is 0. The summed E-state index contributed by atoms with van der Waals surface area (Å²) in [6.45, 7) is 1.45. The Bertz CT molecular complexity index is 654. The zero-order chi connectivity index (χ0) is 16.1. The fraction of sp³-hybridized carbons (Fsp3) is 0.250. The summed E-state index contributed by atoms with van der Waals surface area (Å²) in [6, 6.07) is 8.95. The van der Waals surface area contributed by atoms with Gasteiger partial charge in [-0.15, -0.1) is 0 Å². The van der Waals surface area contributed by atoms with Crippen molar-refractivity contribution in [2.24, 2.45) is 0 Å². The molecule has 6 nitrogen and oxygen atoms in total. The molecule has 0 aliphatic carbocycles. The molecular formula is C16H19N3O3. The zero-order valence-electron chi connectivity index (χ0n) is 12.6. The van der Waals surface area contributed by atoms with Crippen molar-refractivity contribution in [3.63, 3.8) is 0 Å². The number of aromatic carboxylic acids is 1. The Morgan fingerprint density at radius 3 is 2.55 bits per heavy atom. The molecule has 6 heteroatoms. The molecule has 1 heterocycles. The second-order valence-electron chi connectivity index (χ2n) is 5.14. The molecule has 0 amide bonds. The number of rotatable bonds is 6. The number of nitrogens with zero attached hydrogens (tertiary/aromatic N) is 2. The smallest absolute Gasteiger partial charge is 0.339 e. The van der Waals surface area contributed by atoms with Crippen LogP contribution in [-0.4, -0.2) is 48.2 Å². The lowest BCUT2D eigenvalue weighted by molar-refractivity contribution is 0.0697. The summed E-state index contributed by atoms with van der Waals surface area (Å²) in [5.74, 6) is -0.303. The second-order valence-corrected chi connectivity index (χ2v) is 5.14. The van der Waals surface area contributed by atoms with Crippen molar-refractivity contribution in [2.75, 3.05) is 33.0 Å². The van der Waals surface area contributed by atoms with Crippen molar-refractivity contribution in [1.29, 1.82) is 0 Å². The number of carboxylic acid groups (broad SMARTS) is 1. The highest BCUT2D eigenvalue weighted by Crippen LogP contribution is 2.24. The normalized spacial score (nSPS) is 10.7. The second kappa shape index (κ2) is 6.91. The third kappa shape index (κ3) is 3.95. The summed E-state index contributed by atoms with van der Waals surface area (Å²) in [5, 5.41) is 9.08. The molecule has 0 atom stereocenters. The van der Waals surface area contributed by atoms with E-state index in [0.29, 0.717) is 12.2 Å². The van der Waals surface area contributed by atoms with Crippen LogP contribution in [0.25, 0.3) is 11.1 Å². The molecule has 2 aromatic rings. The maximum atomic E-state index is 11.1. The molecule has 0 unspecified atom stereocenters. The van der Waals surface area contributed by atoms with Gasteiger partial charge in [0.2, 0.25) is 0 Å². The summed E-state index contributed by atoms with van der Waals surface area (Å²) in [6.07, 6.45) is 1.56. The number of aromatic nitrogens is 1. The van der Waals surface area contributed by atoms with Gasteiger partial charge < -0.3 is 20.5 Å². The fourth-order valence-electron chi connectivity index (χ4n) is 1.89. The van der Waals surface area contributed by atoms with E-state index < -0.39 is 5.97 Å². The molecule has 3 N–H and O–H groups in total. The van der Waals surface area contributed by atoms with Crippen LogP contribution in [0.5, 0.6) is 5.75 Å². The summed E-state index contributed by atoms with van der Waals surface area (Å²) < 4.78 is 5.62. The highest BCUT2D eigenvalue weighted by atomic mass is 16.5. The largest absolute Gasteiger partial charge is 0.492 e. The molecular weight excluding hydrogens is 282 g/mol. The van der Waals surface area contributed by atoms with Crippen molar-refractivity contribution >= 4 is 11.8 Å². The lowest BCUT2D eigenvalue weighted by atomic mass is 10.1. The molecule has 1 aromatic heterocycles. The van der Waals surface area contributed by atoms with Gasteiger partial charge in [-0.05, 0) is 37.9 Å². The Kier molecular flexibility index (Phi) is 4.95. The van der Waals surface area contributed by atoms with E-state index in [1.165, 1.54) is 6.07 Å². The number of likely N-dealkylation sites (N-methyl/N-ethyl adjacent to an activating group) is 1. The van der Waals surface area contributed by atoms with Gasteiger partial charge in [-0.2, -0.15) is 0 Å². The molecule has 0 bridgehead atoms. The predicted octanol–water partition coefficient (Wildman–Crippen LogP) is 1.97. The van der Waals surface area contributed by atoms with Gasteiger partial charge in [-0.3, -0.25) is 0 Å². The monoisotopic (exact) mass is 301 g/mol. The van der Waals surface area contributed by atoms with E-state index in [1.807, 2.05) is 43.3 Å². The van der Waals surface area contributed by atoms with Crippen molar-refractivity contribution in [3.05, 3.63) is 42.1 Å². The molecule has 0 fully saturated rings. The highest BCUT2D eigenvalue weighted by Gasteiger charge is 2.11. The summed E-state index contributed by atoms with van der Waals surface area (Å²) in [4.78, 5) is 17.1. The van der Waals surface area contributed by atoms with Gasteiger partial charge in [0, 0.05) is 18.3 Å². The summed E-state index contributed by atoms with van der Waals surface area (Å²) in [7, 11) is 3.97. The van der Waals surface area contributed by atoms with Gasteiger partial charge in [0.15, 0.2) is 0 Å². The number of nitrogen functional groups attached to an aromatic ring is 1. The number of benzene rings is 1. The average Bonchev–Trinajstić information content (AvgIpc) is 2.48. The number of ether oxygens (including phenoxy) is 1. The van der Waals surface area contributed by atoms with E-state index in [-0.39, 0.29) is 11.4 Å². The van der Waals surface area contributed by atoms with Gasteiger partial charge in [0.25, 0.3) is 0 Å². The minimum Gasteiger partial charge on any atom is -0.492 e. The van der Waals surface area contributed by atoms with Crippen molar-refractivity contribution in [1.82, 2.24) is 9.88 Å². The van der Waals surface area contributed by atoms with Crippen LogP contribution in [0.15, 0.2) is 36.5 Å². The van der Waals surface area contributed by atoms with E-state index >= 15 is 0 Å². The van der Waals surface area contributed by atoms with E-state index in [0.717, 1.165) is 17.9 Å². The number of anilines is 1. The Balaban J connectivity index is 2.13. The minimum atomic E-state index is -1.09. The lowest BCUT2D eigenvalue weighted by Crippen LogP contribution is -2.19. The van der Waals surface area contributed by atoms with Crippen LogP contribution in [0.4, 0.5) is 5.82 Å². The average molecular weight is 301 g/mol. The maximum absolute atomic E-state index is 11.1. The van der Waals surface area contributed by atoms with Crippen molar-refractivity contribution < 1.29 is 14.6 Å². The number of hydrogen-bond donors (Lipinski definition) is 2. The van der Waals surface area contributed by atoms with Gasteiger partial charge in [0.1, 0.15) is 23.7 Å². The van der Waals surface area contributed by atoms with Crippen LogP contribution in [0.1, 0.15) is 10.4 Å². The third-order valence-electron chi connectivity index (χ3n) is 3.14. The fourth-order valence-corrected chi connectivity index (χ4v) is 1.89. The molecule has 116 valence electrons. The first-order valence-electron chi connectivity index (χ1n) is 6.84. The van der Waals surface area contributed by atoms with Crippen LogP contribution < -0.4 is 10.5 Å². The molecule has 0 aliphatic heterocycles. The standard InChI is InChI=1S/C16H19N3O3/c1-19(2)7-8-22-13-5-3-11(4-6-13)12-9-14(16(20)21)15(17)18-10-12/h3-6,9-10H,7-8H2,1-2H3,(H2,17,18)(H,20,21). The lowest BCUT2D eigenvalue weighted by Gasteiger charge is -2.11. The molecule has 2 rings (SSSR count). The molecule has 1 aromatic carbocycles. The van der Waals surface area contributed by atoms with Gasteiger partial charge in [-0.25, -0.2) is 9.78 Å². The van der Waals surface area contributed by atoms with Gasteiger partial charge in [-0.1, -0.05) is 12.1 Å². The van der Waals surface area contributed by atoms with E-state index in [1.54, 1.807) is 6.20 Å². The molecule has 0 aliphatic rings. The van der Waals surface area contributed by atoms with E-state index in [4.69, 9.17) is 15.6 Å². The minimum absolute atomic E-state index is 0.00353.